The van der Waals surface area contributed by atoms with Gasteiger partial charge in [-0.3, -0.25) is 9.59 Å². The molecule has 0 aromatic carbocycles. The number of carbonyl (C=O) groups is 2. The predicted molar refractivity (Wildman–Crippen MR) is 74.6 cm³/mol. The SMILES string of the molecule is COC(=O)CCCC1(CC(=O)N(C)C)C=CCCC1. The highest BCUT2D eigenvalue weighted by Crippen LogP contribution is 2.39. The van der Waals surface area contributed by atoms with Crippen LogP contribution in [0, 0.1) is 5.41 Å². The van der Waals surface area contributed by atoms with Gasteiger partial charge in [-0.05, 0) is 37.5 Å². The first kappa shape index (κ1) is 15.7. The van der Waals surface area contributed by atoms with Crippen molar-refractivity contribution < 1.29 is 14.3 Å². The van der Waals surface area contributed by atoms with Crippen molar-refractivity contribution in [3.63, 3.8) is 0 Å². The predicted octanol–water partition coefficient (Wildman–Crippen LogP) is 2.53. The summed E-state index contributed by atoms with van der Waals surface area (Å²) in [6.45, 7) is 0. The molecule has 1 unspecified atom stereocenters. The average molecular weight is 267 g/mol. The van der Waals surface area contributed by atoms with Crippen molar-refractivity contribution in [2.24, 2.45) is 5.41 Å². The number of amides is 1. The lowest BCUT2D eigenvalue weighted by Crippen LogP contribution is -2.31. The van der Waals surface area contributed by atoms with Gasteiger partial charge in [-0.25, -0.2) is 0 Å². The van der Waals surface area contributed by atoms with E-state index in [-0.39, 0.29) is 17.3 Å². The minimum atomic E-state index is -0.172. The van der Waals surface area contributed by atoms with Crippen molar-refractivity contribution in [3.05, 3.63) is 12.2 Å². The van der Waals surface area contributed by atoms with Crippen LogP contribution in [0.15, 0.2) is 12.2 Å². The topological polar surface area (TPSA) is 46.6 Å². The van der Waals surface area contributed by atoms with Gasteiger partial charge in [0, 0.05) is 26.9 Å². The molecule has 0 bridgehead atoms. The third-order valence-corrected chi connectivity index (χ3v) is 3.80. The quantitative estimate of drug-likeness (QED) is 0.549. The third kappa shape index (κ3) is 5.05. The molecule has 0 spiro atoms. The summed E-state index contributed by atoms with van der Waals surface area (Å²) in [4.78, 5) is 24.8. The zero-order valence-corrected chi connectivity index (χ0v) is 12.3. The molecule has 0 radical (unpaired) electrons. The summed E-state index contributed by atoms with van der Waals surface area (Å²) >= 11 is 0. The van der Waals surface area contributed by atoms with Gasteiger partial charge in [-0.2, -0.15) is 0 Å². The molecule has 0 saturated carbocycles. The Labute approximate surface area is 115 Å². The zero-order chi connectivity index (χ0) is 14.3. The third-order valence-electron chi connectivity index (χ3n) is 3.80. The van der Waals surface area contributed by atoms with Gasteiger partial charge in [0.25, 0.3) is 0 Å². The largest absolute Gasteiger partial charge is 0.469 e. The van der Waals surface area contributed by atoms with E-state index in [2.05, 4.69) is 16.9 Å². The molecule has 0 saturated heterocycles. The normalized spacial score (nSPS) is 22.1. The first-order chi connectivity index (χ1) is 8.99. The number of carbonyl (C=O) groups excluding carboxylic acids is 2. The van der Waals surface area contributed by atoms with Crippen LogP contribution in [-0.4, -0.2) is 38.0 Å². The Hall–Kier alpha value is -1.32. The molecule has 1 rings (SSSR count). The van der Waals surface area contributed by atoms with E-state index in [1.807, 2.05) is 0 Å². The summed E-state index contributed by atoms with van der Waals surface area (Å²) in [5.41, 5.74) is -0.0619. The van der Waals surface area contributed by atoms with E-state index in [0.29, 0.717) is 12.8 Å². The first-order valence-electron chi connectivity index (χ1n) is 6.94. The molecule has 4 heteroatoms. The van der Waals surface area contributed by atoms with E-state index >= 15 is 0 Å². The van der Waals surface area contributed by atoms with Crippen LogP contribution < -0.4 is 0 Å². The lowest BCUT2D eigenvalue weighted by Gasteiger charge is -2.33. The maximum Gasteiger partial charge on any atom is 0.305 e. The van der Waals surface area contributed by atoms with Crippen molar-refractivity contribution in [3.8, 4) is 0 Å². The number of ether oxygens (including phenoxy) is 1. The number of hydrogen-bond acceptors (Lipinski definition) is 3. The molecule has 1 aliphatic carbocycles. The van der Waals surface area contributed by atoms with Crippen molar-refractivity contribution in [2.45, 2.75) is 44.9 Å². The van der Waals surface area contributed by atoms with Crippen LogP contribution in [-0.2, 0) is 14.3 Å². The Balaban J connectivity index is 2.60. The van der Waals surface area contributed by atoms with Crippen LogP contribution in [0.5, 0.6) is 0 Å². The minimum Gasteiger partial charge on any atom is -0.469 e. The fraction of sp³-hybridized carbons (Fsp3) is 0.733. The van der Waals surface area contributed by atoms with Gasteiger partial charge in [0.1, 0.15) is 0 Å². The summed E-state index contributed by atoms with van der Waals surface area (Å²) in [5.74, 6) is -0.0153. The maximum atomic E-state index is 12.0. The molecule has 19 heavy (non-hydrogen) atoms. The molecule has 0 aromatic heterocycles. The van der Waals surface area contributed by atoms with Gasteiger partial charge < -0.3 is 9.64 Å². The van der Waals surface area contributed by atoms with Crippen LogP contribution >= 0.6 is 0 Å². The van der Waals surface area contributed by atoms with Gasteiger partial charge >= 0.3 is 5.97 Å². The Morgan fingerprint density at radius 1 is 1.37 bits per heavy atom. The number of methoxy groups -OCH3 is 1. The van der Waals surface area contributed by atoms with Crippen molar-refractivity contribution in [1.82, 2.24) is 4.90 Å². The van der Waals surface area contributed by atoms with Crippen LogP contribution in [0.1, 0.15) is 44.9 Å². The second-order valence-electron chi connectivity index (χ2n) is 5.55. The lowest BCUT2D eigenvalue weighted by molar-refractivity contribution is -0.140. The van der Waals surface area contributed by atoms with E-state index in [4.69, 9.17) is 0 Å². The van der Waals surface area contributed by atoms with Crippen molar-refractivity contribution >= 4 is 11.9 Å². The van der Waals surface area contributed by atoms with Gasteiger partial charge in [-0.15, -0.1) is 0 Å². The highest BCUT2D eigenvalue weighted by Gasteiger charge is 2.31. The highest BCUT2D eigenvalue weighted by atomic mass is 16.5. The summed E-state index contributed by atoms with van der Waals surface area (Å²) in [5, 5.41) is 0. The fourth-order valence-corrected chi connectivity index (χ4v) is 2.58. The second kappa shape index (κ2) is 7.31. The smallest absolute Gasteiger partial charge is 0.305 e. The van der Waals surface area contributed by atoms with Gasteiger partial charge in [-0.1, -0.05) is 12.2 Å². The van der Waals surface area contributed by atoms with Crippen LogP contribution in [0.25, 0.3) is 0 Å². The summed E-state index contributed by atoms with van der Waals surface area (Å²) in [6, 6.07) is 0. The molecule has 1 amide bonds. The number of esters is 1. The fourth-order valence-electron chi connectivity index (χ4n) is 2.58. The molecule has 0 N–H and O–H groups in total. The first-order valence-corrected chi connectivity index (χ1v) is 6.94. The van der Waals surface area contributed by atoms with E-state index in [1.165, 1.54) is 7.11 Å². The van der Waals surface area contributed by atoms with Crippen LogP contribution in [0.2, 0.25) is 0 Å². The van der Waals surface area contributed by atoms with Gasteiger partial charge in [0.15, 0.2) is 0 Å². The van der Waals surface area contributed by atoms with E-state index < -0.39 is 0 Å². The van der Waals surface area contributed by atoms with Gasteiger partial charge in [0.2, 0.25) is 5.91 Å². The molecule has 0 aromatic rings. The number of allylic oxidation sites excluding steroid dienone is 2. The van der Waals surface area contributed by atoms with E-state index in [9.17, 15) is 9.59 Å². The van der Waals surface area contributed by atoms with Crippen molar-refractivity contribution in [1.29, 1.82) is 0 Å². The molecular weight excluding hydrogens is 242 g/mol. The molecule has 4 nitrogen and oxygen atoms in total. The second-order valence-corrected chi connectivity index (χ2v) is 5.55. The highest BCUT2D eigenvalue weighted by molar-refractivity contribution is 5.76. The Morgan fingerprint density at radius 2 is 2.11 bits per heavy atom. The monoisotopic (exact) mass is 267 g/mol. The molecule has 0 heterocycles. The minimum absolute atomic E-state index is 0.0619. The van der Waals surface area contributed by atoms with Crippen molar-refractivity contribution in [2.75, 3.05) is 21.2 Å². The summed E-state index contributed by atoms with van der Waals surface area (Å²) in [6.07, 6.45) is 10.2. The average Bonchev–Trinajstić information content (AvgIpc) is 2.39. The van der Waals surface area contributed by atoms with E-state index in [0.717, 1.165) is 32.1 Å². The van der Waals surface area contributed by atoms with Crippen LogP contribution in [0.3, 0.4) is 0 Å². The molecule has 108 valence electrons. The number of hydrogen-bond donors (Lipinski definition) is 0. The molecule has 1 atom stereocenters. The summed E-state index contributed by atoms with van der Waals surface area (Å²) < 4.78 is 4.66. The number of rotatable bonds is 6. The van der Waals surface area contributed by atoms with Gasteiger partial charge in [0.05, 0.1) is 7.11 Å². The molecule has 1 aliphatic rings. The Bertz CT molecular complexity index is 349. The van der Waals surface area contributed by atoms with Crippen LogP contribution in [0.4, 0.5) is 0 Å². The molecule has 0 fully saturated rings. The standard InChI is InChI=1S/C15H25NO3/c1-16(2)13(17)12-15(9-5-4-6-10-15)11-7-8-14(18)19-3/h5,9H,4,6-8,10-12H2,1-3H3. The lowest BCUT2D eigenvalue weighted by atomic mass is 9.72. The molecule has 0 aliphatic heterocycles. The summed E-state index contributed by atoms with van der Waals surface area (Å²) in [7, 11) is 4.99. The van der Waals surface area contributed by atoms with E-state index in [1.54, 1.807) is 19.0 Å². The Morgan fingerprint density at radius 3 is 2.63 bits per heavy atom. The molecular formula is C15H25NO3. The zero-order valence-electron chi connectivity index (χ0n) is 12.3. The Kier molecular flexibility index (Phi) is 6.06. The maximum absolute atomic E-state index is 12.0. The number of nitrogens with zero attached hydrogens (tertiary/aromatic N) is 1.